The summed E-state index contributed by atoms with van der Waals surface area (Å²) in [6, 6.07) is 14.1. The third kappa shape index (κ3) is 3.74. The van der Waals surface area contributed by atoms with Crippen molar-refractivity contribution >= 4 is 32.8 Å². The number of carbonyl (C=O) groups is 1. The molecule has 0 N–H and O–H groups in total. The smallest absolute Gasteiger partial charge is 0.310 e. The lowest BCUT2D eigenvalue weighted by Gasteiger charge is -2.08. The number of ether oxygens (including phenoxy) is 1. The molecule has 3 aromatic rings. The fourth-order valence-electron chi connectivity index (χ4n) is 2.31. The molecule has 0 unspecified atom stereocenters. The van der Waals surface area contributed by atoms with Crippen molar-refractivity contribution in [1.29, 1.82) is 0 Å². The number of carbonyl (C=O) groups excluding carboxylic acids is 1. The average Bonchev–Trinajstić information content (AvgIpc) is 2.54. The van der Waals surface area contributed by atoms with Gasteiger partial charge in [0.2, 0.25) is 0 Å². The maximum Gasteiger partial charge on any atom is 0.310 e. The second-order valence-electron chi connectivity index (χ2n) is 5.07. The number of benzene rings is 2. The molecule has 0 atom stereocenters. The van der Waals surface area contributed by atoms with Crippen LogP contribution < -0.4 is 0 Å². The molecule has 23 heavy (non-hydrogen) atoms. The Balaban J connectivity index is 1.69. The highest BCUT2D eigenvalue weighted by Gasteiger charge is 2.11. The number of nitrogens with zero attached hydrogens (tertiary/aromatic N) is 1. The largest absolute Gasteiger partial charge is 0.460 e. The Labute approximate surface area is 141 Å². The molecule has 5 heteroatoms. The maximum atomic E-state index is 13.7. The molecule has 1 heterocycles. The van der Waals surface area contributed by atoms with Crippen molar-refractivity contribution in [1.82, 2.24) is 4.98 Å². The predicted octanol–water partition coefficient (Wildman–Crippen LogP) is 4.42. The number of rotatable bonds is 4. The van der Waals surface area contributed by atoms with Crippen LogP contribution in [0.5, 0.6) is 0 Å². The van der Waals surface area contributed by atoms with Gasteiger partial charge in [-0.15, -0.1) is 0 Å². The Hall–Kier alpha value is -2.27. The molecule has 0 amide bonds. The van der Waals surface area contributed by atoms with E-state index >= 15 is 0 Å². The van der Waals surface area contributed by atoms with Crippen LogP contribution in [-0.2, 0) is 22.6 Å². The Morgan fingerprint density at radius 3 is 2.78 bits per heavy atom. The van der Waals surface area contributed by atoms with E-state index in [1.165, 1.54) is 6.07 Å². The number of halogens is 2. The minimum atomic E-state index is -0.412. The van der Waals surface area contributed by atoms with Crippen LogP contribution in [0.4, 0.5) is 4.39 Å². The van der Waals surface area contributed by atoms with Crippen molar-refractivity contribution in [2.45, 2.75) is 13.0 Å². The topological polar surface area (TPSA) is 39.2 Å². The maximum absolute atomic E-state index is 13.7. The molecular weight excluding hydrogens is 361 g/mol. The molecule has 2 aromatic carbocycles. The average molecular weight is 374 g/mol. The van der Waals surface area contributed by atoms with Gasteiger partial charge in [0.25, 0.3) is 0 Å². The molecule has 0 aliphatic carbocycles. The van der Waals surface area contributed by atoms with Crippen LogP contribution in [0.15, 0.2) is 59.2 Å². The monoisotopic (exact) mass is 373 g/mol. The summed E-state index contributed by atoms with van der Waals surface area (Å²) in [5.74, 6) is -0.815. The van der Waals surface area contributed by atoms with Crippen LogP contribution in [0, 0.1) is 5.82 Å². The summed E-state index contributed by atoms with van der Waals surface area (Å²) in [6.45, 7) is -0.0872. The molecule has 0 fully saturated rings. The van der Waals surface area contributed by atoms with E-state index in [2.05, 4.69) is 20.9 Å². The van der Waals surface area contributed by atoms with Crippen molar-refractivity contribution in [3.05, 3.63) is 76.1 Å². The minimum Gasteiger partial charge on any atom is -0.460 e. The van der Waals surface area contributed by atoms with E-state index in [0.29, 0.717) is 10.0 Å². The van der Waals surface area contributed by atoms with Gasteiger partial charge in [-0.3, -0.25) is 9.78 Å². The van der Waals surface area contributed by atoms with Gasteiger partial charge in [-0.05, 0) is 23.8 Å². The van der Waals surface area contributed by atoms with Crippen LogP contribution in [0.2, 0.25) is 0 Å². The molecule has 0 saturated carbocycles. The third-order valence-corrected chi connectivity index (χ3v) is 3.95. The zero-order valence-corrected chi connectivity index (χ0v) is 13.7. The predicted molar refractivity (Wildman–Crippen MR) is 89.3 cm³/mol. The third-order valence-electron chi connectivity index (χ3n) is 3.45. The van der Waals surface area contributed by atoms with Crippen molar-refractivity contribution in [3.63, 3.8) is 0 Å². The van der Waals surface area contributed by atoms with Gasteiger partial charge in [-0.1, -0.05) is 46.3 Å². The normalized spacial score (nSPS) is 10.7. The first kappa shape index (κ1) is 15.6. The van der Waals surface area contributed by atoms with Crippen LogP contribution in [-0.4, -0.2) is 11.0 Å². The van der Waals surface area contributed by atoms with Crippen LogP contribution in [0.1, 0.15) is 11.1 Å². The molecule has 0 bridgehead atoms. The summed E-state index contributed by atoms with van der Waals surface area (Å²) < 4.78 is 19.5. The quantitative estimate of drug-likeness (QED) is 0.635. The van der Waals surface area contributed by atoms with Crippen LogP contribution in [0.3, 0.4) is 0 Å². The number of aromatic nitrogens is 1. The van der Waals surface area contributed by atoms with Crippen molar-refractivity contribution in [2.75, 3.05) is 0 Å². The Kier molecular flexibility index (Phi) is 4.67. The summed E-state index contributed by atoms with van der Waals surface area (Å²) in [6.07, 6.45) is 1.79. The first-order chi connectivity index (χ1) is 11.1. The Morgan fingerprint density at radius 2 is 1.96 bits per heavy atom. The van der Waals surface area contributed by atoms with E-state index in [0.717, 1.165) is 16.5 Å². The molecule has 116 valence electrons. The van der Waals surface area contributed by atoms with Gasteiger partial charge in [0.1, 0.15) is 12.4 Å². The Morgan fingerprint density at radius 1 is 1.13 bits per heavy atom. The second-order valence-corrected chi connectivity index (χ2v) is 5.98. The molecule has 1 aromatic heterocycles. The summed E-state index contributed by atoms with van der Waals surface area (Å²) in [5, 5.41) is 0.969. The zero-order valence-electron chi connectivity index (χ0n) is 12.1. The van der Waals surface area contributed by atoms with Crippen molar-refractivity contribution < 1.29 is 13.9 Å². The molecule has 0 aliphatic rings. The lowest BCUT2D eigenvalue weighted by atomic mass is 10.1. The summed E-state index contributed by atoms with van der Waals surface area (Å²) in [4.78, 5) is 16.3. The summed E-state index contributed by atoms with van der Waals surface area (Å²) >= 11 is 3.19. The second kappa shape index (κ2) is 6.87. The molecule has 0 aliphatic heterocycles. The molecule has 3 rings (SSSR count). The first-order valence-corrected chi connectivity index (χ1v) is 7.85. The summed E-state index contributed by atoms with van der Waals surface area (Å²) in [7, 11) is 0. The number of hydrogen-bond donors (Lipinski definition) is 0. The number of fused-ring (bicyclic) bond motifs is 1. The van der Waals surface area contributed by atoms with E-state index in [1.54, 1.807) is 18.3 Å². The fourth-order valence-corrected chi connectivity index (χ4v) is 2.65. The molecular formula is C18H13BrFNO2. The van der Waals surface area contributed by atoms with Gasteiger partial charge in [0.15, 0.2) is 0 Å². The lowest BCUT2D eigenvalue weighted by molar-refractivity contribution is -0.144. The number of para-hydroxylation sites is 1. The van der Waals surface area contributed by atoms with Gasteiger partial charge in [-0.25, -0.2) is 4.39 Å². The van der Waals surface area contributed by atoms with E-state index in [9.17, 15) is 9.18 Å². The molecule has 0 spiro atoms. The lowest BCUT2D eigenvalue weighted by Crippen LogP contribution is -2.09. The van der Waals surface area contributed by atoms with Gasteiger partial charge < -0.3 is 4.74 Å². The fraction of sp³-hybridized carbons (Fsp3) is 0.111. The zero-order chi connectivity index (χ0) is 16.2. The number of esters is 1. The van der Waals surface area contributed by atoms with Gasteiger partial charge in [0.05, 0.1) is 11.9 Å². The SMILES string of the molecule is O=C(Cc1cccc2cccnc12)OCc1ccc(Br)cc1F. The van der Waals surface area contributed by atoms with Gasteiger partial charge >= 0.3 is 5.97 Å². The van der Waals surface area contributed by atoms with E-state index in [1.807, 2.05) is 30.3 Å². The highest BCUT2D eigenvalue weighted by molar-refractivity contribution is 9.10. The molecule has 0 radical (unpaired) electrons. The van der Waals surface area contributed by atoms with Crippen LogP contribution in [0.25, 0.3) is 10.9 Å². The van der Waals surface area contributed by atoms with E-state index in [4.69, 9.17) is 4.74 Å². The first-order valence-electron chi connectivity index (χ1n) is 7.05. The molecule has 3 nitrogen and oxygen atoms in total. The van der Waals surface area contributed by atoms with Crippen molar-refractivity contribution in [2.24, 2.45) is 0 Å². The van der Waals surface area contributed by atoms with E-state index < -0.39 is 11.8 Å². The highest BCUT2D eigenvalue weighted by atomic mass is 79.9. The standard InChI is InChI=1S/C18H13BrFNO2/c19-15-7-6-14(16(20)10-15)11-23-17(22)9-13-4-1-3-12-5-2-8-21-18(12)13/h1-8,10H,9,11H2. The minimum absolute atomic E-state index is 0.0872. The molecule has 0 saturated heterocycles. The highest BCUT2D eigenvalue weighted by Crippen LogP contribution is 2.18. The van der Waals surface area contributed by atoms with Crippen molar-refractivity contribution in [3.8, 4) is 0 Å². The van der Waals surface area contributed by atoms with E-state index in [-0.39, 0.29) is 13.0 Å². The van der Waals surface area contributed by atoms with Crippen LogP contribution >= 0.6 is 15.9 Å². The van der Waals surface area contributed by atoms with Gasteiger partial charge in [0, 0.05) is 21.6 Å². The number of pyridine rings is 1. The Bertz CT molecular complexity index is 861. The summed E-state index contributed by atoms with van der Waals surface area (Å²) in [5.41, 5.74) is 1.92. The van der Waals surface area contributed by atoms with Gasteiger partial charge in [-0.2, -0.15) is 0 Å². The number of hydrogen-bond acceptors (Lipinski definition) is 3.